The largest absolute Gasteiger partial charge is 0.496 e. The minimum atomic E-state index is -0.0140. The number of carbonyl (C=O) groups excluding carboxylic acids is 1. The molecule has 0 spiro atoms. The van der Waals surface area contributed by atoms with E-state index in [1.807, 2.05) is 6.92 Å². The van der Waals surface area contributed by atoms with Crippen LogP contribution >= 0.6 is 0 Å². The molecule has 1 fully saturated rings. The average Bonchev–Trinajstić information content (AvgIpc) is 2.47. The summed E-state index contributed by atoms with van der Waals surface area (Å²) in [5, 5.41) is 0. The summed E-state index contributed by atoms with van der Waals surface area (Å²) in [6.45, 7) is 4.33. The first-order valence-corrected chi connectivity index (χ1v) is 6.27. The first kappa shape index (κ1) is 13.7. The Hall–Kier alpha value is -1.75. The lowest BCUT2D eigenvalue weighted by Crippen LogP contribution is -2.40. The zero-order valence-corrected chi connectivity index (χ0v) is 11.6. The van der Waals surface area contributed by atoms with E-state index >= 15 is 0 Å². The average molecular weight is 265 g/mol. The van der Waals surface area contributed by atoms with E-state index in [0.29, 0.717) is 43.4 Å². The second kappa shape index (κ2) is 5.93. The molecule has 0 aliphatic carbocycles. The van der Waals surface area contributed by atoms with E-state index in [0.717, 1.165) is 5.56 Å². The third-order valence-electron chi connectivity index (χ3n) is 3.30. The molecule has 1 aromatic carbocycles. The summed E-state index contributed by atoms with van der Waals surface area (Å²) in [6.07, 6.45) is 0. The highest BCUT2D eigenvalue weighted by Gasteiger charge is 2.21. The van der Waals surface area contributed by atoms with E-state index in [9.17, 15) is 4.79 Å². The third kappa shape index (κ3) is 2.81. The van der Waals surface area contributed by atoms with Crippen LogP contribution in [0.15, 0.2) is 12.1 Å². The summed E-state index contributed by atoms with van der Waals surface area (Å²) in [4.78, 5) is 14.2. The molecule has 0 bridgehead atoms. The number of rotatable bonds is 3. The van der Waals surface area contributed by atoms with Crippen LogP contribution in [-0.2, 0) is 4.74 Å². The van der Waals surface area contributed by atoms with Crippen molar-refractivity contribution in [1.29, 1.82) is 0 Å². The Bertz CT molecular complexity index is 442. The van der Waals surface area contributed by atoms with Crippen molar-refractivity contribution >= 4 is 5.91 Å². The fourth-order valence-corrected chi connectivity index (χ4v) is 2.16. The summed E-state index contributed by atoms with van der Waals surface area (Å²) in [7, 11) is 3.18. The van der Waals surface area contributed by atoms with E-state index in [1.165, 1.54) is 0 Å². The first-order chi connectivity index (χ1) is 9.17. The minimum absolute atomic E-state index is 0.0140. The molecule has 0 atom stereocenters. The Morgan fingerprint density at radius 3 is 2.16 bits per heavy atom. The molecule has 1 aliphatic heterocycles. The second-order valence-electron chi connectivity index (χ2n) is 4.41. The maximum absolute atomic E-state index is 12.4. The Balaban J connectivity index is 2.30. The van der Waals surface area contributed by atoms with E-state index < -0.39 is 0 Å². The first-order valence-electron chi connectivity index (χ1n) is 6.27. The van der Waals surface area contributed by atoms with Crippen molar-refractivity contribution in [1.82, 2.24) is 4.90 Å². The quantitative estimate of drug-likeness (QED) is 0.830. The molecule has 1 saturated heterocycles. The molecular weight excluding hydrogens is 246 g/mol. The van der Waals surface area contributed by atoms with Crippen LogP contribution in [0.4, 0.5) is 0 Å². The van der Waals surface area contributed by atoms with Gasteiger partial charge in [0.2, 0.25) is 0 Å². The molecule has 1 aromatic rings. The lowest BCUT2D eigenvalue weighted by atomic mass is 10.1. The minimum Gasteiger partial charge on any atom is -0.496 e. The summed E-state index contributed by atoms with van der Waals surface area (Å²) < 4.78 is 15.8. The van der Waals surface area contributed by atoms with Crippen molar-refractivity contribution < 1.29 is 19.0 Å². The fraction of sp³-hybridized carbons (Fsp3) is 0.500. The summed E-state index contributed by atoms with van der Waals surface area (Å²) >= 11 is 0. The lowest BCUT2D eigenvalue weighted by molar-refractivity contribution is 0.0302. The van der Waals surface area contributed by atoms with Crippen LogP contribution in [0.1, 0.15) is 15.9 Å². The van der Waals surface area contributed by atoms with Crippen LogP contribution in [0.5, 0.6) is 11.5 Å². The highest BCUT2D eigenvalue weighted by Crippen LogP contribution is 2.30. The van der Waals surface area contributed by atoms with Gasteiger partial charge in [0, 0.05) is 24.2 Å². The number of methoxy groups -OCH3 is 2. The lowest BCUT2D eigenvalue weighted by Gasteiger charge is -2.27. The number of hydrogen-bond acceptors (Lipinski definition) is 4. The molecule has 1 aliphatic rings. The van der Waals surface area contributed by atoms with Gasteiger partial charge in [0.05, 0.1) is 27.4 Å². The van der Waals surface area contributed by atoms with E-state index in [4.69, 9.17) is 14.2 Å². The van der Waals surface area contributed by atoms with Crippen molar-refractivity contribution in [2.45, 2.75) is 6.92 Å². The maximum Gasteiger partial charge on any atom is 0.254 e. The number of hydrogen-bond donors (Lipinski definition) is 0. The van der Waals surface area contributed by atoms with Crippen LogP contribution in [0.2, 0.25) is 0 Å². The highest BCUT2D eigenvalue weighted by molar-refractivity contribution is 5.95. The third-order valence-corrected chi connectivity index (χ3v) is 3.30. The smallest absolute Gasteiger partial charge is 0.254 e. The van der Waals surface area contributed by atoms with Crippen molar-refractivity contribution in [3.05, 3.63) is 23.3 Å². The van der Waals surface area contributed by atoms with Crippen LogP contribution in [0.3, 0.4) is 0 Å². The van der Waals surface area contributed by atoms with Crippen LogP contribution < -0.4 is 9.47 Å². The molecule has 104 valence electrons. The van der Waals surface area contributed by atoms with E-state index in [-0.39, 0.29) is 5.91 Å². The zero-order valence-electron chi connectivity index (χ0n) is 11.6. The van der Waals surface area contributed by atoms with Gasteiger partial charge >= 0.3 is 0 Å². The summed E-state index contributed by atoms with van der Waals surface area (Å²) in [5.41, 5.74) is 1.48. The Labute approximate surface area is 113 Å². The SMILES string of the molecule is COc1cc(C(=O)N2CCOCC2)cc(OC)c1C. The zero-order chi connectivity index (χ0) is 13.8. The molecule has 19 heavy (non-hydrogen) atoms. The molecule has 0 radical (unpaired) electrons. The van der Waals surface area contributed by atoms with Gasteiger partial charge in [0.25, 0.3) is 5.91 Å². The Kier molecular flexibility index (Phi) is 4.27. The maximum atomic E-state index is 12.4. The number of ether oxygens (including phenoxy) is 3. The molecule has 0 N–H and O–H groups in total. The molecule has 1 heterocycles. The normalized spacial score (nSPS) is 15.2. The highest BCUT2D eigenvalue weighted by atomic mass is 16.5. The van der Waals surface area contributed by atoms with Gasteiger partial charge in [-0.25, -0.2) is 0 Å². The molecular formula is C14H19NO4. The molecule has 2 rings (SSSR count). The number of amides is 1. The van der Waals surface area contributed by atoms with Gasteiger partial charge in [-0.05, 0) is 19.1 Å². The topological polar surface area (TPSA) is 48.0 Å². The standard InChI is InChI=1S/C14H19NO4/c1-10-12(17-2)8-11(9-13(10)18-3)14(16)15-4-6-19-7-5-15/h8-9H,4-7H2,1-3H3. The van der Waals surface area contributed by atoms with Gasteiger partial charge in [-0.2, -0.15) is 0 Å². The molecule has 0 unspecified atom stereocenters. The van der Waals surface area contributed by atoms with Gasteiger partial charge in [0.15, 0.2) is 0 Å². The molecule has 0 aromatic heterocycles. The molecule has 5 nitrogen and oxygen atoms in total. The van der Waals surface area contributed by atoms with Crippen molar-refractivity contribution in [2.75, 3.05) is 40.5 Å². The second-order valence-corrected chi connectivity index (χ2v) is 4.41. The number of morpholine rings is 1. The van der Waals surface area contributed by atoms with Gasteiger partial charge in [-0.3, -0.25) is 4.79 Å². The van der Waals surface area contributed by atoms with Gasteiger partial charge < -0.3 is 19.1 Å². The van der Waals surface area contributed by atoms with Crippen molar-refractivity contribution in [3.8, 4) is 11.5 Å². The van der Waals surface area contributed by atoms with Gasteiger partial charge in [0.1, 0.15) is 11.5 Å². The van der Waals surface area contributed by atoms with Crippen LogP contribution in [-0.4, -0.2) is 51.3 Å². The number of benzene rings is 1. The molecule has 1 amide bonds. The summed E-state index contributed by atoms with van der Waals surface area (Å²) in [6, 6.07) is 3.52. The van der Waals surface area contributed by atoms with Crippen molar-refractivity contribution in [3.63, 3.8) is 0 Å². The van der Waals surface area contributed by atoms with Crippen molar-refractivity contribution in [2.24, 2.45) is 0 Å². The Morgan fingerprint density at radius 2 is 1.68 bits per heavy atom. The monoisotopic (exact) mass is 265 g/mol. The predicted octanol–water partition coefficient (Wildman–Crippen LogP) is 1.48. The predicted molar refractivity (Wildman–Crippen MR) is 71.0 cm³/mol. The number of carbonyl (C=O) groups is 1. The van der Waals surface area contributed by atoms with E-state index in [2.05, 4.69) is 0 Å². The van der Waals surface area contributed by atoms with Crippen LogP contribution in [0, 0.1) is 6.92 Å². The molecule has 5 heteroatoms. The Morgan fingerprint density at radius 1 is 1.16 bits per heavy atom. The van der Waals surface area contributed by atoms with Crippen LogP contribution in [0.25, 0.3) is 0 Å². The summed E-state index contributed by atoms with van der Waals surface area (Å²) in [5.74, 6) is 1.31. The van der Waals surface area contributed by atoms with E-state index in [1.54, 1.807) is 31.3 Å². The van der Waals surface area contributed by atoms with Gasteiger partial charge in [-0.15, -0.1) is 0 Å². The fourth-order valence-electron chi connectivity index (χ4n) is 2.16. The molecule has 0 saturated carbocycles. The van der Waals surface area contributed by atoms with Gasteiger partial charge in [-0.1, -0.05) is 0 Å². The number of nitrogens with zero attached hydrogens (tertiary/aromatic N) is 1.